The molecule has 1 heterocycles. The molecule has 0 aliphatic carbocycles. The van der Waals surface area contributed by atoms with E-state index >= 15 is 0 Å². The van der Waals surface area contributed by atoms with Gasteiger partial charge in [0.25, 0.3) is 0 Å². The summed E-state index contributed by atoms with van der Waals surface area (Å²) in [5.74, 6) is 0.627. The van der Waals surface area contributed by atoms with Gasteiger partial charge in [0.2, 0.25) is 5.88 Å². The maximum absolute atomic E-state index is 13.5. The van der Waals surface area contributed by atoms with Crippen LogP contribution in [0.5, 0.6) is 11.6 Å². The lowest BCUT2D eigenvalue weighted by Gasteiger charge is -2.10. The summed E-state index contributed by atoms with van der Waals surface area (Å²) in [5.41, 5.74) is 6.71. The van der Waals surface area contributed by atoms with Crippen LogP contribution in [0.2, 0.25) is 0 Å². The lowest BCUT2D eigenvalue weighted by molar-refractivity contribution is 0.421. The summed E-state index contributed by atoms with van der Waals surface area (Å²) in [7, 11) is 1.77. The van der Waals surface area contributed by atoms with E-state index < -0.39 is 0 Å². The second-order valence-corrected chi connectivity index (χ2v) is 3.77. The van der Waals surface area contributed by atoms with Gasteiger partial charge in [0.15, 0.2) is 0 Å². The molecule has 0 bridgehead atoms. The molecule has 5 heteroatoms. The number of hydrogen-bond donors (Lipinski definition) is 1. The fourth-order valence-corrected chi connectivity index (χ4v) is 1.63. The van der Waals surface area contributed by atoms with Crippen molar-refractivity contribution < 1.29 is 9.13 Å². The van der Waals surface area contributed by atoms with Gasteiger partial charge in [-0.3, -0.25) is 0 Å². The van der Waals surface area contributed by atoms with Crippen molar-refractivity contribution in [2.45, 2.75) is 13.5 Å². The summed E-state index contributed by atoms with van der Waals surface area (Å²) < 4.78 is 20.7. The van der Waals surface area contributed by atoms with Crippen LogP contribution in [0.3, 0.4) is 0 Å². The smallest absolute Gasteiger partial charge is 0.217 e. The molecule has 4 nitrogen and oxygen atoms in total. The van der Waals surface area contributed by atoms with Crippen molar-refractivity contribution in [3.05, 3.63) is 41.3 Å². The predicted molar refractivity (Wildman–Crippen MR) is 62.3 cm³/mol. The molecule has 0 spiro atoms. The van der Waals surface area contributed by atoms with Crippen molar-refractivity contribution in [2.24, 2.45) is 12.8 Å². The normalized spacial score (nSPS) is 10.6. The third-order valence-electron chi connectivity index (χ3n) is 2.45. The lowest BCUT2D eigenvalue weighted by Crippen LogP contribution is -2.04. The van der Waals surface area contributed by atoms with Crippen molar-refractivity contribution in [2.75, 3.05) is 0 Å². The highest BCUT2D eigenvalue weighted by Gasteiger charge is 2.11. The molecule has 0 amide bonds. The third-order valence-corrected chi connectivity index (χ3v) is 2.45. The van der Waals surface area contributed by atoms with Gasteiger partial charge >= 0.3 is 0 Å². The van der Waals surface area contributed by atoms with Crippen LogP contribution in [0, 0.1) is 12.7 Å². The van der Waals surface area contributed by atoms with Crippen molar-refractivity contribution in [3.8, 4) is 11.6 Å². The van der Waals surface area contributed by atoms with E-state index in [1.54, 1.807) is 29.9 Å². The number of benzene rings is 1. The lowest BCUT2D eigenvalue weighted by atomic mass is 10.2. The van der Waals surface area contributed by atoms with Crippen molar-refractivity contribution in [1.29, 1.82) is 0 Å². The number of aryl methyl sites for hydroxylation is 2. The van der Waals surface area contributed by atoms with E-state index in [-0.39, 0.29) is 12.4 Å². The Bertz CT molecular complexity index is 537. The zero-order chi connectivity index (χ0) is 12.4. The Morgan fingerprint density at radius 1 is 1.47 bits per heavy atom. The Kier molecular flexibility index (Phi) is 3.10. The first kappa shape index (κ1) is 11.6. The van der Waals surface area contributed by atoms with Gasteiger partial charge < -0.3 is 10.5 Å². The maximum Gasteiger partial charge on any atom is 0.217 e. The average Bonchev–Trinajstić information content (AvgIpc) is 2.58. The van der Waals surface area contributed by atoms with E-state index in [9.17, 15) is 4.39 Å². The average molecular weight is 235 g/mol. The van der Waals surface area contributed by atoms with Crippen LogP contribution in [-0.2, 0) is 13.6 Å². The first-order valence-corrected chi connectivity index (χ1v) is 5.27. The van der Waals surface area contributed by atoms with E-state index in [1.807, 2.05) is 6.92 Å². The quantitative estimate of drug-likeness (QED) is 0.886. The molecule has 0 fully saturated rings. The molecular formula is C12H14FN3O. The van der Waals surface area contributed by atoms with Crippen molar-refractivity contribution >= 4 is 0 Å². The zero-order valence-electron chi connectivity index (χ0n) is 9.77. The van der Waals surface area contributed by atoms with E-state index in [0.717, 1.165) is 5.69 Å². The molecule has 17 heavy (non-hydrogen) atoms. The van der Waals surface area contributed by atoms with Crippen LogP contribution in [0.25, 0.3) is 0 Å². The van der Waals surface area contributed by atoms with Gasteiger partial charge in [-0.05, 0) is 19.1 Å². The van der Waals surface area contributed by atoms with Crippen LogP contribution in [-0.4, -0.2) is 9.78 Å². The SMILES string of the molecule is Cc1cc(Oc2cccc(F)c2CN)n(C)n1. The molecule has 0 saturated heterocycles. The highest BCUT2D eigenvalue weighted by atomic mass is 19.1. The van der Waals surface area contributed by atoms with Gasteiger partial charge in [-0.15, -0.1) is 0 Å². The molecule has 2 N–H and O–H groups in total. The van der Waals surface area contributed by atoms with Crippen LogP contribution in [0.4, 0.5) is 4.39 Å². The molecule has 1 aromatic heterocycles. The van der Waals surface area contributed by atoms with Crippen LogP contribution < -0.4 is 10.5 Å². The minimum absolute atomic E-state index is 0.0961. The highest BCUT2D eigenvalue weighted by molar-refractivity contribution is 5.37. The van der Waals surface area contributed by atoms with Gasteiger partial charge in [-0.1, -0.05) is 6.07 Å². The fraction of sp³-hybridized carbons (Fsp3) is 0.250. The summed E-state index contributed by atoms with van der Waals surface area (Å²) >= 11 is 0. The molecule has 0 aliphatic heterocycles. The van der Waals surface area contributed by atoms with Crippen LogP contribution in [0.15, 0.2) is 24.3 Å². The van der Waals surface area contributed by atoms with E-state index in [4.69, 9.17) is 10.5 Å². The first-order chi connectivity index (χ1) is 8.11. The number of nitrogens with two attached hydrogens (primary N) is 1. The predicted octanol–water partition coefficient (Wildman–Crippen LogP) is 2.12. The maximum atomic E-state index is 13.5. The molecule has 1 aromatic carbocycles. The van der Waals surface area contributed by atoms with E-state index in [2.05, 4.69) is 5.10 Å². The van der Waals surface area contributed by atoms with Crippen LogP contribution >= 0.6 is 0 Å². The number of nitrogens with zero attached hydrogens (tertiary/aromatic N) is 2. The topological polar surface area (TPSA) is 53.1 Å². The second kappa shape index (κ2) is 4.55. The number of hydrogen-bond acceptors (Lipinski definition) is 3. The summed E-state index contributed by atoms with van der Waals surface area (Å²) in [4.78, 5) is 0. The number of ether oxygens (including phenoxy) is 1. The molecule has 0 radical (unpaired) electrons. The monoisotopic (exact) mass is 235 g/mol. The molecular weight excluding hydrogens is 221 g/mol. The Labute approximate surface area is 98.8 Å². The van der Waals surface area contributed by atoms with Crippen molar-refractivity contribution in [3.63, 3.8) is 0 Å². The standard InChI is InChI=1S/C12H14FN3O/c1-8-6-12(16(2)15-8)17-11-5-3-4-10(13)9(11)7-14/h3-6H,7,14H2,1-2H3. The largest absolute Gasteiger partial charge is 0.439 e. The van der Waals surface area contributed by atoms with Gasteiger partial charge in [0.1, 0.15) is 11.6 Å². The minimum atomic E-state index is -0.358. The number of rotatable bonds is 3. The summed E-state index contributed by atoms with van der Waals surface area (Å²) in [5, 5.41) is 4.15. The van der Waals surface area contributed by atoms with Gasteiger partial charge in [-0.25, -0.2) is 9.07 Å². The molecule has 2 rings (SSSR count). The minimum Gasteiger partial charge on any atom is -0.439 e. The summed E-state index contributed by atoms with van der Waals surface area (Å²) in [6.07, 6.45) is 0. The Morgan fingerprint density at radius 2 is 2.24 bits per heavy atom. The fourth-order valence-electron chi connectivity index (χ4n) is 1.63. The van der Waals surface area contributed by atoms with Gasteiger partial charge in [-0.2, -0.15) is 5.10 Å². The number of halogens is 1. The number of aromatic nitrogens is 2. The zero-order valence-corrected chi connectivity index (χ0v) is 9.77. The Balaban J connectivity index is 2.36. The van der Waals surface area contributed by atoms with Crippen molar-refractivity contribution in [1.82, 2.24) is 9.78 Å². The first-order valence-electron chi connectivity index (χ1n) is 5.27. The molecule has 0 unspecified atom stereocenters. The second-order valence-electron chi connectivity index (χ2n) is 3.77. The molecule has 0 saturated carbocycles. The Morgan fingerprint density at radius 3 is 2.82 bits per heavy atom. The molecule has 2 aromatic rings. The van der Waals surface area contributed by atoms with Gasteiger partial charge in [0.05, 0.1) is 5.69 Å². The molecule has 90 valence electrons. The molecule has 0 atom stereocenters. The third kappa shape index (κ3) is 2.29. The summed E-state index contributed by atoms with van der Waals surface area (Å²) in [6.45, 7) is 1.96. The van der Waals surface area contributed by atoms with E-state index in [1.165, 1.54) is 6.07 Å². The van der Waals surface area contributed by atoms with E-state index in [0.29, 0.717) is 17.2 Å². The Hall–Kier alpha value is -1.88. The van der Waals surface area contributed by atoms with Gasteiger partial charge in [0, 0.05) is 25.2 Å². The highest BCUT2D eigenvalue weighted by Crippen LogP contribution is 2.26. The van der Waals surface area contributed by atoms with Crippen LogP contribution in [0.1, 0.15) is 11.3 Å². The molecule has 0 aliphatic rings. The summed E-state index contributed by atoms with van der Waals surface area (Å²) in [6, 6.07) is 6.43.